The second kappa shape index (κ2) is 7.04. The number of hydrogen-bond donors (Lipinski definition) is 2. The molecule has 2 aliphatic rings. The van der Waals surface area contributed by atoms with E-state index in [1.807, 2.05) is 6.92 Å². The van der Waals surface area contributed by atoms with Gasteiger partial charge in [0, 0.05) is 25.2 Å². The second-order valence-corrected chi connectivity index (χ2v) is 7.51. The van der Waals surface area contributed by atoms with E-state index in [9.17, 15) is 13.2 Å². The molecule has 2 saturated heterocycles. The van der Waals surface area contributed by atoms with Crippen LogP contribution in [0.3, 0.4) is 0 Å². The van der Waals surface area contributed by atoms with Crippen molar-refractivity contribution in [3.05, 3.63) is 0 Å². The zero-order chi connectivity index (χ0) is 15.5. The molecule has 21 heavy (non-hydrogen) atoms. The van der Waals surface area contributed by atoms with Gasteiger partial charge in [0.15, 0.2) is 0 Å². The lowest BCUT2D eigenvalue weighted by molar-refractivity contribution is -0.146. The summed E-state index contributed by atoms with van der Waals surface area (Å²) < 4.78 is 33.8. The van der Waals surface area contributed by atoms with E-state index in [0.29, 0.717) is 25.9 Å². The molecule has 2 rings (SSSR count). The van der Waals surface area contributed by atoms with Crippen LogP contribution in [-0.4, -0.2) is 57.5 Å². The van der Waals surface area contributed by atoms with Crippen molar-refractivity contribution in [3.8, 4) is 0 Å². The van der Waals surface area contributed by atoms with Crippen LogP contribution in [0.4, 0.5) is 0 Å². The van der Waals surface area contributed by atoms with Crippen molar-refractivity contribution in [2.75, 3.05) is 26.7 Å². The lowest BCUT2D eigenvalue weighted by Crippen LogP contribution is -2.56. The van der Waals surface area contributed by atoms with E-state index >= 15 is 0 Å². The van der Waals surface area contributed by atoms with Crippen molar-refractivity contribution < 1.29 is 17.9 Å². The summed E-state index contributed by atoms with van der Waals surface area (Å²) >= 11 is 0. The van der Waals surface area contributed by atoms with Crippen LogP contribution < -0.4 is 10.0 Å². The normalized spacial score (nSPS) is 29.2. The summed E-state index contributed by atoms with van der Waals surface area (Å²) in [5.41, 5.74) is 0. The molecule has 7 nitrogen and oxygen atoms in total. The van der Waals surface area contributed by atoms with E-state index in [1.165, 1.54) is 11.4 Å². The molecule has 2 fully saturated rings. The monoisotopic (exact) mass is 319 g/mol. The summed E-state index contributed by atoms with van der Waals surface area (Å²) in [5, 5.41) is 3.28. The minimum absolute atomic E-state index is 0.0675. The van der Waals surface area contributed by atoms with Crippen molar-refractivity contribution >= 4 is 16.2 Å². The van der Waals surface area contributed by atoms with Crippen molar-refractivity contribution in [2.24, 2.45) is 5.92 Å². The maximum Gasteiger partial charge on any atom is 0.308 e. The highest BCUT2D eigenvalue weighted by Gasteiger charge is 2.34. The summed E-state index contributed by atoms with van der Waals surface area (Å²) in [6.07, 6.45) is 2.87. The topological polar surface area (TPSA) is 87.7 Å². The minimum atomic E-state index is -3.48. The average molecular weight is 319 g/mol. The average Bonchev–Trinajstić information content (AvgIpc) is 2.49. The number of methoxy groups -OCH3 is 1. The Hall–Kier alpha value is -0.700. The SMILES string of the molecule is COC(=O)C1CCN(S(=O)(=O)NC2CCCNC2C)CC1. The summed E-state index contributed by atoms with van der Waals surface area (Å²) in [4.78, 5) is 11.5. The molecule has 0 aromatic heterocycles. The molecule has 8 heteroatoms. The smallest absolute Gasteiger partial charge is 0.308 e. The number of carbonyl (C=O) groups is 1. The third kappa shape index (κ3) is 4.15. The summed E-state index contributed by atoms with van der Waals surface area (Å²) in [7, 11) is -2.11. The standard InChI is InChI=1S/C13H25N3O4S/c1-10-12(4-3-7-14-10)15-21(18,19)16-8-5-11(6-9-16)13(17)20-2/h10-12,14-15H,3-9H2,1-2H3. The van der Waals surface area contributed by atoms with Crippen LogP contribution in [0.2, 0.25) is 0 Å². The number of piperidine rings is 2. The third-order valence-electron chi connectivity index (χ3n) is 4.39. The maximum absolute atomic E-state index is 12.4. The molecular weight excluding hydrogens is 294 g/mol. The van der Waals surface area contributed by atoms with Gasteiger partial charge in [-0.2, -0.15) is 17.4 Å². The van der Waals surface area contributed by atoms with Crippen LogP contribution in [0.25, 0.3) is 0 Å². The van der Waals surface area contributed by atoms with Gasteiger partial charge in [0.2, 0.25) is 0 Å². The highest BCUT2D eigenvalue weighted by Crippen LogP contribution is 2.21. The third-order valence-corrected chi connectivity index (χ3v) is 6.04. The molecule has 0 radical (unpaired) electrons. The Morgan fingerprint density at radius 2 is 1.95 bits per heavy atom. The van der Waals surface area contributed by atoms with E-state index in [2.05, 4.69) is 10.0 Å². The van der Waals surface area contributed by atoms with Crippen molar-refractivity contribution in [2.45, 2.75) is 44.7 Å². The minimum Gasteiger partial charge on any atom is -0.469 e. The van der Waals surface area contributed by atoms with Crippen LogP contribution in [0.1, 0.15) is 32.6 Å². The quantitative estimate of drug-likeness (QED) is 0.704. The molecule has 2 unspecified atom stereocenters. The second-order valence-electron chi connectivity index (χ2n) is 5.81. The predicted octanol–water partition coefficient (Wildman–Crippen LogP) is -0.154. The summed E-state index contributed by atoms with van der Waals surface area (Å²) in [6.45, 7) is 3.66. The Morgan fingerprint density at radius 1 is 1.29 bits per heavy atom. The largest absolute Gasteiger partial charge is 0.469 e. The number of hydrogen-bond acceptors (Lipinski definition) is 5. The van der Waals surface area contributed by atoms with Gasteiger partial charge in [0.1, 0.15) is 0 Å². The fraction of sp³-hybridized carbons (Fsp3) is 0.923. The Morgan fingerprint density at radius 3 is 2.52 bits per heavy atom. The van der Waals surface area contributed by atoms with Crippen LogP contribution in [0.5, 0.6) is 0 Å². The Kier molecular flexibility index (Phi) is 5.59. The molecule has 0 aromatic carbocycles. The van der Waals surface area contributed by atoms with E-state index in [4.69, 9.17) is 4.74 Å². The molecule has 122 valence electrons. The fourth-order valence-corrected chi connectivity index (χ4v) is 4.51. The first kappa shape index (κ1) is 16.7. The number of nitrogens with one attached hydrogen (secondary N) is 2. The highest BCUT2D eigenvalue weighted by atomic mass is 32.2. The Labute approximate surface area is 126 Å². The molecule has 0 aromatic rings. The summed E-state index contributed by atoms with van der Waals surface area (Å²) in [6, 6.07) is 0.0724. The van der Waals surface area contributed by atoms with Crippen LogP contribution in [0.15, 0.2) is 0 Å². The zero-order valence-corrected chi connectivity index (χ0v) is 13.5. The van der Waals surface area contributed by atoms with Gasteiger partial charge in [-0.25, -0.2) is 0 Å². The van der Waals surface area contributed by atoms with Gasteiger partial charge in [-0.3, -0.25) is 4.79 Å². The van der Waals surface area contributed by atoms with Crippen molar-refractivity contribution in [1.29, 1.82) is 0 Å². The molecule has 2 N–H and O–H groups in total. The van der Waals surface area contributed by atoms with Crippen LogP contribution in [-0.2, 0) is 19.7 Å². The lowest BCUT2D eigenvalue weighted by atomic mass is 9.99. The zero-order valence-electron chi connectivity index (χ0n) is 12.7. The van der Waals surface area contributed by atoms with Gasteiger partial charge in [-0.15, -0.1) is 0 Å². The first-order chi connectivity index (χ1) is 9.94. The molecule has 0 amide bonds. The number of ether oxygens (including phenoxy) is 1. The van der Waals surface area contributed by atoms with Gasteiger partial charge in [0.05, 0.1) is 13.0 Å². The fourth-order valence-electron chi connectivity index (χ4n) is 2.97. The predicted molar refractivity (Wildman–Crippen MR) is 78.9 cm³/mol. The van der Waals surface area contributed by atoms with E-state index in [0.717, 1.165) is 19.4 Å². The van der Waals surface area contributed by atoms with Gasteiger partial charge >= 0.3 is 5.97 Å². The molecule has 0 spiro atoms. The maximum atomic E-state index is 12.4. The Balaban J connectivity index is 1.90. The van der Waals surface area contributed by atoms with Crippen molar-refractivity contribution in [3.63, 3.8) is 0 Å². The molecular formula is C13H25N3O4S. The van der Waals surface area contributed by atoms with E-state index < -0.39 is 10.2 Å². The number of nitrogens with zero attached hydrogens (tertiary/aromatic N) is 1. The first-order valence-electron chi connectivity index (χ1n) is 7.52. The van der Waals surface area contributed by atoms with Crippen LogP contribution >= 0.6 is 0 Å². The lowest BCUT2D eigenvalue weighted by Gasteiger charge is -2.34. The first-order valence-corrected chi connectivity index (χ1v) is 8.96. The number of rotatable bonds is 4. The van der Waals surface area contributed by atoms with Gasteiger partial charge in [-0.1, -0.05) is 0 Å². The summed E-state index contributed by atoms with van der Waals surface area (Å²) in [5.74, 6) is -0.429. The van der Waals surface area contributed by atoms with Crippen molar-refractivity contribution in [1.82, 2.24) is 14.3 Å². The molecule has 2 heterocycles. The molecule has 0 saturated carbocycles. The van der Waals surface area contributed by atoms with Gasteiger partial charge < -0.3 is 10.1 Å². The number of esters is 1. The van der Waals surface area contributed by atoms with Gasteiger partial charge in [0.25, 0.3) is 10.2 Å². The molecule has 2 atom stereocenters. The highest BCUT2D eigenvalue weighted by molar-refractivity contribution is 7.87. The van der Waals surface area contributed by atoms with E-state index in [-0.39, 0.29) is 24.0 Å². The Bertz CT molecular complexity index is 460. The van der Waals surface area contributed by atoms with Gasteiger partial charge in [-0.05, 0) is 39.2 Å². The molecule has 0 bridgehead atoms. The van der Waals surface area contributed by atoms with E-state index in [1.54, 1.807) is 0 Å². The number of carbonyl (C=O) groups excluding carboxylic acids is 1. The van der Waals surface area contributed by atoms with Crippen LogP contribution in [0, 0.1) is 5.92 Å². The molecule has 2 aliphatic heterocycles. The molecule has 0 aliphatic carbocycles.